The summed E-state index contributed by atoms with van der Waals surface area (Å²) in [6, 6.07) is 17.8. The molecule has 0 N–H and O–H groups in total. The Hall–Kier alpha value is -3.68. The van der Waals surface area contributed by atoms with Crippen molar-refractivity contribution in [2.75, 3.05) is 71.9 Å². The maximum atomic E-state index is 14.9. The predicted octanol–water partition coefficient (Wildman–Crippen LogP) is 4.94. The van der Waals surface area contributed by atoms with E-state index in [-0.39, 0.29) is 23.4 Å². The van der Waals surface area contributed by atoms with Crippen LogP contribution in [0.4, 0.5) is 4.79 Å². The number of carbonyl (C=O) groups excluding carboxylic acids is 2. The van der Waals surface area contributed by atoms with Crippen LogP contribution < -0.4 is 4.74 Å². The van der Waals surface area contributed by atoms with E-state index >= 15 is 0 Å². The van der Waals surface area contributed by atoms with Crippen molar-refractivity contribution in [3.8, 4) is 5.75 Å². The number of hydrogen-bond acceptors (Lipinski definition) is 8. The van der Waals surface area contributed by atoms with Crippen LogP contribution in [-0.2, 0) is 19.4 Å². The van der Waals surface area contributed by atoms with Crippen molar-refractivity contribution >= 4 is 50.8 Å². The van der Waals surface area contributed by atoms with Crippen LogP contribution in [-0.4, -0.2) is 118 Å². The fourth-order valence-electron chi connectivity index (χ4n) is 6.40. The zero-order valence-electron chi connectivity index (χ0n) is 27.4. The topological polar surface area (TPSA) is 112 Å². The lowest BCUT2D eigenvalue weighted by Crippen LogP contribution is -2.56. The number of rotatable bonds is 8. The Morgan fingerprint density at radius 3 is 2.06 bits per heavy atom. The Labute approximate surface area is 296 Å². The molecule has 0 bridgehead atoms. The van der Waals surface area contributed by atoms with Gasteiger partial charge in [-0.25, -0.2) is 13.2 Å². The van der Waals surface area contributed by atoms with Crippen LogP contribution in [0.1, 0.15) is 35.7 Å². The molecule has 3 aromatic carbocycles. The summed E-state index contributed by atoms with van der Waals surface area (Å²) in [6.07, 6.45) is 1.14. The number of piperazine rings is 1. The van der Waals surface area contributed by atoms with Crippen LogP contribution in [0.25, 0.3) is 0 Å². The van der Waals surface area contributed by atoms with E-state index in [0.717, 1.165) is 17.4 Å². The molecule has 0 radical (unpaired) electrons. The lowest BCUT2D eigenvalue weighted by molar-refractivity contribution is -0.136. The number of amidine groups is 1. The number of urea groups is 1. The molecule has 0 spiro atoms. The Kier molecular flexibility index (Phi) is 10.8. The van der Waals surface area contributed by atoms with Gasteiger partial charge in [0.15, 0.2) is 9.84 Å². The second kappa shape index (κ2) is 15.1. The molecule has 2 atom stereocenters. The summed E-state index contributed by atoms with van der Waals surface area (Å²) in [6.45, 7) is 6.49. The molecule has 49 heavy (non-hydrogen) atoms. The first-order valence-corrected chi connectivity index (χ1v) is 18.9. The molecule has 0 aromatic heterocycles. The van der Waals surface area contributed by atoms with Gasteiger partial charge >= 0.3 is 6.03 Å². The van der Waals surface area contributed by atoms with E-state index in [9.17, 15) is 18.0 Å². The maximum absolute atomic E-state index is 14.9. The number of morpholine rings is 1. The molecule has 2 unspecified atom stereocenters. The highest BCUT2D eigenvalue weighted by atomic mass is 35.5. The molecular formula is C35H39Cl2N5O6S. The molecule has 6 rings (SSSR count). The molecule has 3 heterocycles. The van der Waals surface area contributed by atoms with Gasteiger partial charge in [0.25, 0.3) is 0 Å². The predicted molar refractivity (Wildman–Crippen MR) is 188 cm³/mol. The largest absolute Gasteiger partial charge is 0.493 e. The van der Waals surface area contributed by atoms with Crippen molar-refractivity contribution in [1.82, 2.24) is 19.6 Å². The monoisotopic (exact) mass is 727 g/mol. The third-order valence-corrected chi connectivity index (χ3v) is 10.6. The van der Waals surface area contributed by atoms with Crippen molar-refractivity contribution in [2.24, 2.45) is 4.99 Å². The fraction of sp³-hybridized carbons (Fsp3) is 0.400. The van der Waals surface area contributed by atoms with Crippen molar-refractivity contribution in [3.63, 3.8) is 0 Å². The molecule has 0 saturated carbocycles. The van der Waals surface area contributed by atoms with Gasteiger partial charge in [-0.05, 0) is 60.5 Å². The number of sulfone groups is 1. The average molecular weight is 729 g/mol. The van der Waals surface area contributed by atoms with Crippen molar-refractivity contribution in [2.45, 2.75) is 23.9 Å². The summed E-state index contributed by atoms with van der Waals surface area (Å²) in [5.41, 5.74) is 2.01. The number of carbonyl (C=O) groups is 2. The molecule has 3 aliphatic heterocycles. The van der Waals surface area contributed by atoms with Gasteiger partial charge in [-0.2, -0.15) is 0 Å². The molecule has 0 aliphatic carbocycles. The van der Waals surface area contributed by atoms with E-state index in [1.165, 1.54) is 12.1 Å². The molecule has 3 amide bonds. The van der Waals surface area contributed by atoms with Crippen LogP contribution in [0.15, 0.2) is 76.6 Å². The van der Waals surface area contributed by atoms with Gasteiger partial charge in [0.1, 0.15) is 17.6 Å². The van der Waals surface area contributed by atoms with E-state index in [0.29, 0.717) is 86.3 Å². The highest BCUT2D eigenvalue weighted by Crippen LogP contribution is 2.45. The highest BCUT2D eigenvalue weighted by Gasteiger charge is 2.45. The van der Waals surface area contributed by atoms with E-state index < -0.39 is 21.9 Å². The van der Waals surface area contributed by atoms with Crippen LogP contribution in [0.3, 0.4) is 0 Å². The van der Waals surface area contributed by atoms with Crippen LogP contribution in [0, 0.1) is 0 Å². The fourth-order valence-corrected chi connectivity index (χ4v) is 7.30. The Balaban J connectivity index is 1.39. The molecule has 2 fully saturated rings. The first-order chi connectivity index (χ1) is 23.5. The minimum Gasteiger partial charge on any atom is -0.493 e. The van der Waals surface area contributed by atoms with Gasteiger partial charge in [0.05, 0.1) is 42.9 Å². The van der Waals surface area contributed by atoms with E-state index in [1.54, 1.807) is 40.1 Å². The SMILES string of the molecule is CCOc1ccc(S(C)(=O)=O)cc1C1=NC(c2ccc(Cl)cc2)C(c2ccc(Cl)cc2)N1C(=O)N1CCN(CC(=O)N2CCOCC2)CC1. The van der Waals surface area contributed by atoms with E-state index in [2.05, 4.69) is 4.90 Å². The average Bonchev–Trinajstić information content (AvgIpc) is 3.49. The van der Waals surface area contributed by atoms with Gasteiger partial charge in [0, 0.05) is 55.6 Å². The molecule has 3 aliphatic rings. The molecule has 2 saturated heterocycles. The number of aliphatic imine (C=N–C) groups is 1. The molecule has 260 valence electrons. The molecular weight excluding hydrogens is 689 g/mol. The standard InChI is InChI=1S/C35H39Cl2N5O6S/c1-3-48-30-13-12-28(49(2,45)46)22-29(30)34-38-32(24-4-8-26(36)9-5-24)33(25-6-10-27(37)11-7-25)42(34)35(44)41-16-14-39(15-17-41)23-31(43)40-18-20-47-21-19-40/h4-13,22,32-33H,3,14-21,23H2,1-2H3. The normalized spacial score (nSPS) is 20.3. The number of benzene rings is 3. The third-order valence-electron chi connectivity index (χ3n) is 8.98. The Bertz CT molecular complexity index is 1810. The first-order valence-electron chi connectivity index (χ1n) is 16.3. The molecule has 3 aromatic rings. The number of halogens is 2. The van der Waals surface area contributed by atoms with Gasteiger partial charge in [-0.3, -0.25) is 19.6 Å². The van der Waals surface area contributed by atoms with Gasteiger partial charge in [-0.15, -0.1) is 0 Å². The summed E-state index contributed by atoms with van der Waals surface area (Å²) in [7, 11) is -3.61. The third kappa shape index (κ3) is 7.89. The van der Waals surface area contributed by atoms with Gasteiger partial charge in [0.2, 0.25) is 5.91 Å². The number of nitrogens with zero attached hydrogens (tertiary/aromatic N) is 5. The summed E-state index contributed by atoms with van der Waals surface area (Å²) < 4.78 is 36.9. The summed E-state index contributed by atoms with van der Waals surface area (Å²) in [5, 5.41) is 1.11. The van der Waals surface area contributed by atoms with Gasteiger partial charge < -0.3 is 19.3 Å². The number of ether oxygens (including phenoxy) is 2. The summed E-state index contributed by atoms with van der Waals surface area (Å²) in [4.78, 5) is 40.4. The van der Waals surface area contributed by atoms with E-state index in [1.807, 2.05) is 36.1 Å². The summed E-state index contributed by atoms with van der Waals surface area (Å²) in [5.74, 6) is 0.758. The minimum atomic E-state index is -3.61. The van der Waals surface area contributed by atoms with Crippen LogP contribution in [0.5, 0.6) is 5.75 Å². The second-order valence-corrected chi connectivity index (χ2v) is 15.1. The highest BCUT2D eigenvalue weighted by molar-refractivity contribution is 7.90. The lowest BCUT2D eigenvalue weighted by Gasteiger charge is -2.39. The number of amides is 3. The zero-order valence-corrected chi connectivity index (χ0v) is 29.8. The molecule has 11 nitrogen and oxygen atoms in total. The Morgan fingerprint density at radius 1 is 0.857 bits per heavy atom. The molecule has 14 heteroatoms. The zero-order chi connectivity index (χ0) is 34.7. The summed E-state index contributed by atoms with van der Waals surface area (Å²) >= 11 is 12.6. The van der Waals surface area contributed by atoms with Crippen molar-refractivity contribution in [3.05, 3.63) is 93.5 Å². The maximum Gasteiger partial charge on any atom is 0.326 e. The van der Waals surface area contributed by atoms with Crippen LogP contribution >= 0.6 is 23.2 Å². The second-order valence-electron chi connectivity index (χ2n) is 12.2. The Morgan fingerprint density at radius 2 is 1.47 bits per heavy atom. The first kappa shape index (κ1) is 35.2. The van der Waals surface area contributed by atoms with Gasteiger partial charge in [-0.1, -0.05) is 47.5 Å². The van der Waals surface area contributed by atoms with E-state index in [4.69, 9.17) is 37.7 Å². The number of hydrogen-bond donors (Lipinski definition) is 0. The quantitative estimate of drug-likeness (QED) is 0.323. The smallest absolute Gasteiger partial charge is 0.326 e. The van der Waals surface area contributed by atoms with Crippen LogP contribution in [0.2, 0.25) is 10.0 Å². The van der Waals surface area contributed by atoms with Crippen molar-refractivity contribution in [1.29, 1.82) is 0 Å². The minimum absolute atomic E-state index is 0.0554. The van der Waals surface area contributed by atoms with Crippen molar-refractivity contribution < 1.29 is 27.5 Å². The lowest BCUT2D eigenvalue weighted by atomic mass is 9.93.